The Morgan fingerprint density at radius 1 is 1.29 bits per heavy atom. The quantitative estimate of drug-likeness (QED) is 0.659. The van der Waals surface area contributed by atoms with Gasteiger partial charge in [-0.15, -0.1) is 0 Å². The molecular weight excluding hydrogens is 380 g/mol. The molecule has 0 N–H and O–H groups in total. The number of rotatable bonds is 6. The van der Waals surface area contributed by atoms with Crippen molar-refractivity contribution in [1.82, 2.24) is 4.57 Å². The maximum absolute atomic E-state index is 13.6. The molecule has 1 aromatic carbocycles. The molecule has 2 rings (SSSR count). The number of ether oxygens (including phenoxy) is 1. The minimum Gasteiger partial charge on any atom is -0.487 e. The van der Waals surface area contributed by atoms with Crippen LogP contribution in [0.1, 0.15) is 24.6 Å². The number of halogens is 3. The second-order valence-electron chi connectivity index (χ2n) is 5.30. The van der Waals surface area contributed by atoms with Gasteiger partial charge in [-0.1, -0.05) is 12.2 Å². The Kier molecular flexibility index (Phi) is 6.31. The van der Waals surface area contributed by atoms with Crippen molar-refractivity contribution in [2.24, 2.45) is 0 Å². The zero-order valence-corrected chi connectivity index (χ0v) is 15.1. The van der Waals surface area contributed by atoms with E-state index in [2.05, 4.69) is 15.9 Å². The molecule has 1 heterocycles. The third-order valence-corrected chi connectivity index (χ3v) is 4.30. The van der Waals surface area contributed by atoms with E-state index in [1.807, 2.05) is 26.0 Å². The summed E-state index contributed by atoms with van der Waals surface area (Å²) in [5.74, 6) is -0.983. The van der Waals surface area contributed by atoms with Crippen LogP contribution < -0.4 is 10.3 Å². The molecule has 3 nitrogen and oxygen atoms in total. The number of nitrogens with zero attached hydrogens (tertiary/aromatic N) is 1. The van der Waals surface area contributed by atoms with Crippen molar-refractivity contribution in [3.8, 4) is 5.75 Å². The molecule has 0 radical (unpaired) electrons. The molecular formula is C18H18BrF2NO2. The monoisotopic (exact) mass is 397 g/mol. The first-order chi connectivity index (χ1) is 11.4. The molecule has 0 saturated heterocycles. The van der Waals surface area contributed by atoms with E-state index >= 15 is 0 Å². The second kappa shape index (κ2) is 8.24. The van der Waals surface area contributed by atoms with E-state index in [9.17, 15) is 13.6 Å². The summed E-state index contributed by atoms with van der Waals surface area (Å²) in [5.41, 5.74) is 0.773. The fourth-order valence-corrected chi connectivity index (χ4v) is 2.71. The van der Waals surface area contributed by atoms with E-state index < -0.39 is 11.6 Å². The number of aryl methyl sites for hydroxylation is 1. The summed E-state index contributed by atoms with van der Waals surface area (Å²) in [6, 6.07) is 5.02. The van der Waals surface area contributed by atoms with Crippen LogP contribution in [0.3, 0.4) is 0 Å². The smallest absolute Gasteiger partial charge is 0.268 e. The normalized spacial score (nSPS) is 11.2. The fourth-order valence-electron chi connectivity index (χ4n) is 2.26. The number of benzene rings is 1. The van der Waals surface area contributed by atoms with Crippen LogP contribution in [0.5, 0.6) is 5.75 Å². The average Bonchev–Trinajstić information content (AvgIpc) is 2.54. The third-order valence-electron chi connectivity index (χ3n) is 3.57. The molecule has 0 bridgehead atoms. The number of hydrogen-bond donors (Lipinski definition) is 0. The number of hydrogen-bond acceptors (Lipinski definition) is 2. The predicted octanol–water partition coefficient (Wildman–Crippen LogP) is 4.74. The summed E-state index contributed by atoms with van der Waals surface area (Å²) in [6.45, 7) is 4.22. The highest BCUT2D eigenvalue weighted by Gasteiger charge is 2.13. The van der Waals surface area contributed by atoms with Gasteiger partial charge in [-0.25, -0.2) is 8.78 Å². The lowest BCUT2D eigenvalue weighted by Crippen LogP contribution is -2.23. The lowest BCUT2D eigenvalue weighted by Gasteiger charge is -2.14. The standard InChI is InChI=1S/C18H18BrF2NO2/c1-3-4-5-8-22-12(2)9-16(17(19)18(22)23)24-11-13-6-7-14(20)10-15(13)21/h3-4,6-7,9-10H,5,8,11H2,1-2H3/b4-3-. The first-order valence-electron chi connectivity index (χ1n) is 7.52. The minimum absolute atomic E-state index is 0.0911. The van der Waals surface area contributed by atoms with E-state index in [1.54, 1.807) is 10.6 Å². The highest BCUT2D eigenvalue weighted by molar-refractivity contribution is 9.10. The molecule has 2 aromatic rings. The Hall–Kier alpha value is -1.95. The molecule has 0 unspecified atom stereocenters. The Morgan fingerprint density at radius 2 is 2.04 bits per heavy atom. The maximum Gasteiger partial charge on any atom is 0.268 e. The first kappa shape index (κ1) is 18.4. The average molecular weight is 398 g/mol. The molecule has 128 valence electrons. The van der Waals surface area contributed by atoms with Gasteiger partial charge in [0.05, 0.1) is 0 Å². The molecule has 0 aliphatic heterocycles. The third kappa shape index (κ3) is 4.32. The van der Waals surface area contributed by atoms with Crippen molar-refractivity contribution in [2.75, 3.05) is 0 Å². The highest BCUT2D eigenvalue weighted by Crippen LogP contribution is 2.24. The summed E-state index contributed by atoms with van der Waals surface area (Å²) >= 11 is 3.25. The van der Waals surface area contributed by atoms with Crippen molar-refractivity contribution in [1.29, 1.82) is 0 Å². The predicted molar refractivity (Wildman–Crippen MR) is 93.3 cm³/mol. The van der Waals surface area contributed by atoms with E-state index in [0.717, 1.165) is 18.2 Å². The molecule has 24 heavy (non-hydrogen) atoms. The Balaban J connectivity index is 2.20. The summed E-state index contributed by atoms with van der Waals surface area (Å²) in [7, 11) is 0. The summed E-state index contributed by atoms with van der Waals surface area (Å²) in [5, 5.41) is 0. The summed E-state index contributed by atoms with van der Waals surface area (Å²) in [4.78, 5) is 12.4. The van der Waals surface area contributed by atoms with Crippen molar-refractivity contribution in [2.45, 2.75) is 33.4 Å². The van der Waals surface area contributed by atoms with Gasteiger partial charge in [-0.05, 0) is 48.3 Å². The van der Waals surface area contributed by atoms with Gasteiger partial charge >= 0.3 is 0 Å². The van der Waals surface area contributed by atoms with Gasteiger partial charge < -0.3 is 9.30 Å². The van der Waals surface area contributed by atoms with Gasteiger partial charge in [-0.3, -0.25) is 4.79 Å². The van der Waals surface area contributed by atoms with E-state index in [1.165, 1.54) is 12.1 Å². The number of allylic oxidation sites excluding steroid dienone is 2. The molecule has 0 amide bonds. The van der Waals surface area contributed by atoms with Crippen LogP contribution in [0, 0.1) is 18.6 Å². The van der Waals surface area contributed by atoms with Crippen LogP contribution in [0.2, 0.25) is 0 Å². The van der Waals surface area contributed by atoms with E-state index in [-0.39, 0.29) is 22.2 Å². The van der Waals surface area contributed by atoms with Gasteiger partial charge in [0.15, 0.2) is 0 Å². The largest absolute Gasteiger partial charge is 0.487 e. The van der Waals surface area contributed by atoms with Crippen LogP contribution in [0.4, 0.5) is 8.78 Å². The Bertz CT molecular complexity index is 815. The zero-order valence-electron chi connectivity index (χ0n) is 13.5. The zero-order chi connectivity index (χ0) is 17.7. The number of pyridine rings is 1. The van der Waals surface area contributed by atoms with Crippen molar-refractivity contribution >= 4 is 15.9 Å². The summed E-state index contributed by atoms with van der Waals surface area (Å²) in [6.07, 6.45) is 4.68. The molecule has 0 fully saturated rings. The second-order valence-corrected chi connectivity index (χ2v) is 6.10. The Labute approximate surface area is 147 Å². The van der Waals surface area contributed by atoms with Crippen molar-refractivity contribution in [3.63, 3.8) is 0 Å². The minimum atomic E-state index is -0.678. The van der Waals surface area contributed by atoms with E-state index in [4.69, 9.17) is 4.74 Å². The molecule has 6 heteroatoms. The van der Waals surface area contributed by atoms with Crippen molar-refractivity contribution in [3.05, 3.63) is 74.1 Å². The molecule has 1 aromatic heterocycles. The molecule has 0 atom stereocenters. The van der Waals surface area contributed by atoms with Crippen LogP contribution >= 0.6 is 15.9 Å². The fraction of sp³-hybridized carbons (Fsp3) is 0.278. The molecule has 0 aliphatic rings. The SMILES string of the molecule is C/C=C\CCn1c(C)cc(OCc2ccc(F)cc2F)c(Br)c1=O. The van der Waals surface area contributed by atoms with Crippen molar-refractivity contribution < 1.29 is 13.5 Å². The maximum atomic E-state index is 13.6. The molecule has 0 saturated carbocycles. The summed E-state index contributed by atoms with van der Waals surface area (Å²) < 4.78 is 34.0. The first-order valence-corrected chi connectivity index (χ1v) is 8.31. The van der Waals surface area contributed by atoms with Crippen LogP contribution in [-0.4, -0.2) is 4.57 Å². The van der Waals surface area contributed by atoms with Gasteiger partial charge in [0.1, 0.15) is 28.5 Å². The molecule has 0 spiro atoms. The lowest BCUT2D eigenvalue weighted by atomic mass is 10.2. The van der Waals surface area contributed by atoms with Gasteiger partial charge in [0.25, 0.3) is 5.56 Å². The van der Waals surface area contributed by atoms with Gasteiger partial charge in [-0.2, -0.15) is 0 Å². The van der Waals surface area contributed by atoms with E-state index in [0.29, 0.717) is 12.3 Å². The van der Waals surface area contributed by atoms with Gasteiger partial charge in [0, 0.05) is 29.9 Å². The van der Waals surface area contributed by atoms with Crippen LogP contribution in [0.15, 0.2) is 45.7 Å². The van der Waals surface area contributed by atoms with Crippen LogP contribution in [-0.2, 0) is 13.2 Å². The number of aromatic nitrogens is 1. The molecule has 0 aliphatic carbocycles. The van der Waals surface area contributed by atoms with Gasteiger partial charge in [0.2, 0.25) is 0 Å². The Morgan fingerprint density at radius 3 is 2.71 bits per heavy atom. The van der Waals surface area contributed by atoms with Crippen LogP contribution in [0.25, 0.3) is 0 Å². The highest BCUT2D eigenvalue weighted by atomic mass is 79.9. The topological polar surface area (TPSA) is 31.2 Å². The lowest BCUT2D eigenvalue weighted by molar-refractivity contribution is 0.295.